The molecule has 5 nitrogen and oxygen atoms in total. The Morgan fingerprint density at radius 3 is 2.76 bits per heavy atom. The quantitative estimate of drug-likeness (QED) is 0.899. The number of morpholine rings is 1. The number of hydrogen-bond donors (Lipinski definition) is 1. The van der Waals surface area contributed by atoms with Crippen LogP contribution in [-0.4, -0.2) is 40.6 Å². The van der Waals surface area contributed by atoms with Crippen LogP contribution in [0.2, 0.25) is 0 Å². The van der Waals surface area contributed by atoms with Gasteiger partial charge in [0.1, 0.15) is 12.4 Å². The first-order chi connectivity index (χ1) is 9.82. The van der Waals surface area contributed by atoms with E-state index in [4.69, 9.17) is 4.74 Å². The molecule has 2 atom stereocenters. The van der Waals surface area contributed by atoms with Crippen molar-refractivity contribution in [1.29, 1.82) is 0 Å². The number of nitrogens with zero attached hydrogens (tertiary/aromatic N) is 1. The highest BCUT2D eigenvalue weighted by Crippen LogP contribution is 2.34. The maximum Gasteiger partial charge on any atom is 0.335 e. The number of aliphatic carboxylic acids is 1. The number of halogens is 2. The fourth-order valence-electron chi connectivity index (χ4n) is 2.50. The van der Waals surface area contributed by atoms with Crippen molar-refractivity contribution in [2.75, 3.05) is 6.61 Å². The second-order valence-electron chi connectivity index (χ2n) is 5.08. The number of carboxylic acid groups (broad SMARTS) is 1. The predicted octanol–water partition coefficient (Wildman–Crippen LogP) is 2.35. The first-order valence-corrected chi connectivity index (χ1v) is 7.22. The van der Waals surface area contributed by atoms with Gasteiger partial charge in [-0.25, -0.2) is 9.18 Å². The fourth-order valence-corrected chi connectivity index (χ4v) is 2.88. The third-order valence-electron chi connectivity index (χ3n) is 3.34. The second-order valence-corrected chi connectivity index (χ2v) is 5.99. The highest BCUT2D eigenvalue weighted by atomic mass is 79.9. The normalized spacial score (nSPS) is 22.7. The third-order valence-corrected chi connectivity index (χ3v) is 3.83. The summed E-state index contributed by atoms with van der Waals surface area (Å²) in [4.78, 5) is 24.8. The Bertz CT molecular complexity index is 578. The summed E-state index contributed by atoms with van der Waals surface area (Å²) in [6.07, 6.45) is -1.30. The summed E-state index contributed by atoms with van der Waals surface area (Å²) < 4.78 is 19.9. The van der Waals surface area contributed by atoms with Crippen LogP contribution in [0.5, 0.6) is 0 Å². The van der Waals surface area contributed by atoms with Crippen LogP contribution in [0.1, 0.15) is 25.5 Å². The van der Waals surface area contributed by atoms with E-state index in [2.05, 4.69) is 15.9 Å². The Morgan fingerprint density at radius 2 is 2.19 bits per heavy atom. The van der Waals surface area contributed by atoms with Crippen molar-refractivity contribution in [3.63, 3.8) is 0 Å². The van der Waals surface area contributed by atoms with Crippen LogP contribution in [0.4, 0.5) is 4.39 Å². The summed E-state index contributed by atoms with van der Waals surface area (Å²) in [5.74, 6) is -2.15. The number of rotatable bonds is 3. The molecule has 1 saturated heterocycles. The molecule has 114 valence electrons. The molecule has 1 aromatic rings. The number of carbonyl (C=O) groups is 2. The van der Waals surface area contributed by atoms with E-state index in [1.54, 1.807) is 13.8 Å². The molecule has 1 fully saturated rings. The Kier molecular flexibility index (Phi) is 4.63. The second kappa shape index (κ2) is 6.11. The molecule has 0 saturated carbocycles. The monoisotopic (exact) mass is 359 g/mol. The van der Waals surface area contributed by atoms with Crippen molar-refractivity contribution in [2.24, 2.45) is 0 Å². The van der Waals surface area contributed by atoms with E-state index < -0.39 is 23.9 Å². The van der Waals surface area contributed by atoms with Gasteiger partial charge in [0, 0.05) is 16.1 Å². The summed E-state index contributed by atoms with van der Waals surface area (Å²) in [5.41, 5.74) is 0.124. The lowest BCUT2D eigenvalue weighted by atomic mass is 9.96. The summed E-state index contributed by atoms with van der Waals surface area (Å²) in [5, 5.41) is 9.32. The number of benzene rings is 1. The van der Waals surface area contributed by atoms with Gasteiger partial charge < -0.3 is 14.7 Å². The van der Waals surface area contributed by atoms with Crippen molar-refractivity contribution in [2.45, 2.75) is 32.0 Å². The van der Waals surface area contributed by atoms with Gasteiger partial charge in [-0.3, -0.25) is 4.79 Å². The minimum absolute atomic E-state index is 0.124. The summed E-state index contributed by atoms with van der Waals surface area (Å²) in [6.45, 7) is 3.19. The van der Waals surface area contributed by atoms with Gasteiger partial charge in [0.2, 0.25) is 5.91 Å². The molecule has 1 aromatic carbocycles. The van der Waals surface area contributed by atoms with E-state index in [-0.39, 0.29) is 24.1 Å². The van der Waals surface area contributed by atoms with Crippen LogP contribution in [0.15, 0.2) is 22.7 Å². The molecule has 1 aliphatic heterocycles. The average molecular weight is 360 g/mol. The van der Waals surface area contributed by atoms with Gasteiger partial charge in [-0.15, -0.1) is 0 Å². The van der Waals surface area contributed by atoms with Gasteiger partial charge in [-0.05, 0) is 32.0 Å². The fraction of sp³-hybridized carbons (Fsp3) is 0.429. The summed E-state index contributed by atoms with van der Waals surface area (Å²) in [7, 11) is 0. The molecule has 0 aromatic heterocycles. The van der Waals surface area contributed by atoms with Gasteiger partial charge >= 0.3 is 5.97 Å². The standard InChI is InChI=1S/C14H15BrFNO4/c1-7(2)17-11(18)6-21-13(14(19)20)12(17)9-5-8(15)3-4-10(9)16/h3-5,7,12-13H,6H2,1-2H3,(H,19,20). The largest absolute Gasteiger partial charge is 0.479 e. The van der Waals surface area contributed by atoms with Crippen LogP contribution in [0.3, 0.4) is 0 Å². The molecule has 2 rings (SSSR count). The smallest absolute Gasteiger partial charge is 0.335 e. The van der Waals surface area contributed by atoms with Crippen LogP contribution in [-0.2, 0) is 14.3 Å². The van der Waals surface area contributed by atoms with Crippen molar-refractivity contribution in [3.8, 4) is 0 Å². The van der Waals surface area contributed by atoms with Crippen molar-refractivity contribution < 1.29 is 23.8 Å². The van der Waals surface area contributed by atoms with E-state index in [0.29, 0.717) is 4.47 Å². The number of carboxylic acids is 1. The molecule has 1 heterocycles. The van der Waals surface area contributed by atoms with Crippen LogP contribution >= 0.6 is 15.9 Å². The molecule has 1 aliphatic rings. The molecule has 7 heteroatoms. The van der Waals surface area contributed by atoms with Crippen molar-refractivity contribution >= 4 is 27.8 Å². The molecule has 0 radical (unpaired) electrons. The number of hydrogen-bond acceptors (Lipinski definition) is 3. The maximum atomic E-state index is 14.1. The summed E-state index contributed by atoms with van der Waals surface area (Å²) in [6, 6.07) is 2.95. The van der Waals surface area contributed by atoms with Gasteiger partial charge in [0.15, 0.2) is 6.10 Å². The zero-order chi connectivity index (χ0) is 15.7. The van der Waals surface area contributed by atoms with E-state index in [1.165, 1.54) is 23.1 Å². The zero-order valence-corrected chi connectivity index (χ0v) is 13.1. The number of carbonyl (C=O) groups excluding carboxylic acids is 1. The molecule has 2 unspecified atom stereocenters. The van der Waals surface area contributed by atoms with Crippen LogP contribution in [0.25, 0.3) is 0 Å². The van der Waals surface area contributed by atoms with Gasteiger partial charge in [0.05, 0.1) is 6.04 Å². The first kappa shape index (κ1) is 15.9. The minimum atomic E-state index is -1.30. The molecule has 1 amide bonds. The van der Waals surface area contributed by atoms with Crippen molar-refractivity contribution in [3.05, 3.63) is 34.1 Å². The van der Waals surface area contributed by atoms with E-state index in [1.807, 2.05) is 0 Å². The zero-order valence-electron chi connectivity index (χ0n) is 11.5. The van der Waals surface area contributed by atoms with Crippen LogP contribution < -0.4 is 0 Å². The van der Waals surface area contributed by atoms with Crippen molar-refractivity contribution in [1.82, 2.24) is 4.90 Å². The highest BCUT2D eigenvalue weighted by molar-refractivity contribution is 9.10. The molecular formula is C14H15BrFNO4. The molecule has 1 N–H and O–H groups in total. The lowest BCUT2D eigenvalue weighted by Crippen LogP contribution is -2.54. The molecule has 0 spiro atoms. The lowest BCUT2D eigenvalue weighted by molar-refractivity contribution is -0.175. The SMILES string of the molecule is CC(C)N1C(=O)COC(C(=O)O)C1c1cc(Br)ccc1F. The van der Waals surface area contributed by atoms with Gasteiger partial charge in [-0.1, -0.05) is 15.9 Å². The molecule has 0 aliphatic carbocycles. The Balaban J connectivity index is 2.56. The topological polar surface area (TPSA) is 66.8 Å². The van der Waals surface area contributed by atoms with E-state index in [9.17, 15) is 19.1 Å². The first-order valence-electron chi connectivity index (χ1n) is 6.43. The minimum Gasteiger partial charge on any atom is -0.479 e. The number of amides is 1. The molecule has 21 heavy (non-hydrogen) atoms. The maximum absolute atomic E-state index is 14.1. The Labute approximate surface area is 129 Å². The Hall–Kier alpha value is -1.47. The number of ether oxygens (including phenoxy) is 1. The molecule has 0 bridgehead atoms. The lowest BCUT2D eigenvalue weighted by Gasteiger charge is -2.42. The van der Waals surface area contributed by atoms with E-state index in [0.717, 1.165) is 0 Å². The highest BCUT2D eigenvalue weighted by Gasteiger charge is 2.44. The third kappa shape index (κ3) is 3.08. The Morgan fingerprint density at radius 1 is 1.52 bits per heavy atom. The summed E-state index contributed by atoms with van der Waals surface area (Å²) >= 11 is 3.23. The average Bonchev–Trinajstić information content (AvgIpc) is 2.40. The van der Waals surface area contributed by atoms with Gasteiger partial charge in [-0.2, -0.15) is 0 Å². The van der Waals surface area contributed by atoms with Crippen LogP contribution in [0, 0.1) is 5.82 Å². The molecular weight excluding hydrogens is 345 g/mol. The predicted molar refractivity (Wildman–Crippen MR) is 76.2 cm³/mol. The van der Waals surface area contributed by atoms with E-state index >= 15 is 0 Å². The van der Waals surface area contributed by atoms with Gasteiger partial charge in [0.25, 0.3) is 0 Å².